The molecule has 2 aromatic carbocycles. The number of hydrogen-bond donors (Lipinski definition) is 1. The topological polar surface area (TPSA) is 44.8 Å². The van der Waals surface area contributed by atoms with E-state index in [9.17, 15) is 4.79 Å². The molecule has 0 bridgehead atoms. The Bertz CT molecular complexity index is 732. The van der Waals surface area contributed by atoms with E-state index < -0.39 is 0 Å². The maximum atomic E-state index is 12.3. The molecule has 0 heterocycles. The summed E-state index contributed by atoms with van der Waals surface area (Å²) in [5.74, 6) is 0.513. The van der Waals surface area contributed by atoms with E-state index in [0.29, 0.717) is 23.0 Å². The van der Waals surface area contributed by atoms with Crippen LogP contribution in [-0.4, -0.2) is 45.1 Å². The summed E-state index contributed by atoms with van der Waals surface area (Å²) >= 11 is 6.10. The Morgan fingerprint density at radius 3 is 2.38 bits per heavy atom. The SMILES string of the molecule is CCN(CC(=O)Nc1ccc(OC)c(Cl)c1)Cc1ccc(N(C)C)cc1. The van der Waals surface area contributed by atoms with Gasteiger partial charge in [0, 0.05) is 32.0 Å². The number of rotatable bonds is 8. The van der Waals surface area contributed by atoms with Crippen molar-refractivity contribution in [2.45, 2.75) is 13.5 Å². The number of nitrogens with one attached hydrogen (secondary N) is 1. The molecule has 2 rings (SSSR count). The lowest BCUT2D eigenvalue weighted by Gasteiger charge is -2.21. The molecule has 1 amide bonds. The van der Waals surface area contributed by atoms with Gasteiger partial charge in [-0.1, -0.05) is 30.7 Å². The number of halogens is 1. The number of methoxy groups -OCH3 is 1. The molecule has 0 aliphatic rings. The van der Waals surface area contributed by atoms with Crippen LogP contribution >= 0.6 is 11.6 Å². The van der Waals surface area contributed by atoms with Gasteiger partial charge < -0.3 is 15.0 Å². The fraction of sp³-hybridized carbons (Fsp3) is 0.350. The highest BCUT2D eigenvalue weighted by atomic mass is 35.5. The van der Waals surface area contributed by atoms with E-state index in [0.717, 1.165) is 18.8 Å². The van der Waals surface area contributed by atoms with Crippen LogP contribution in [0.4, 0.5) is 11.4 Å². The summed E-state index contributed by atoms with van der Waals surface area (Å²) in [5, 5.41) is 3.35. The van der Waals surface area contributed by atoms with Crippen LogP contribution in [0.25, 0.3) is 0 Å². The Labute approximate surface area is 160 Å². The second kappa shape index (κ2) is 9.46. The Morgan fingerprint density at radius 1 is 1.15 bits per heavy atom. The third-order valence-corrected chi connectivity index (χ3v) is 4.40. The first-order chi connectivity index (χ1) is 12.4. The predicted molar refractivity (Wildman–Crippen MR) is 108 cm³/mol. The maximum Gasteiger partial charge on any atom is 0.238 e. The second-order valence-corrected chi connectivity index (χ2v) is 6.67. The smallest absolute Gasteiger partial charge is 0.238 e. The molecule has 0 saturated carbocycles. The number of benzene rings is 2. The van der Waals surface area contributed by atoms with Crippen molar-refractivity contribution < 1.29 is 9.53 Å². The zero-order chi connectivity index (χ0) is 19.1. The molecular weight excluding hydrogens is 350 g/mol. The molecule has 2 aromatic rings. The Balaban J connectivity index is 1.94. The fourth-order valence-electron chi connectivity index (χ4n) is 2.58. The van der Waals surface area contributed by atoms with Crippen molar-refractivity contribution in [1.82, 2.24) is 4.90 Å². The molecule has 0 aliphatic carbocycles. The van der Waals surface area contributed by atoms with Crippen LogP contribution in [0.1, 0.15) is 12.5 Å². The molecule has 6 heteroatoms. The van der Waals surface area contributed by atoms with Gasteiger partial charge in [0.25, 0.3) is 0 Å². The number of anilines is 2. The maximum absolute atomic E-state index is 12.3. The van der Waals surface area contributed by atoms with Crippen LogP contribution in [-0.2, 0) is 11.3 Å². The quantitative estimate of drug-likeness (QED) is 0.760. The lowest BCUT2D eigenvalue weighted by atomic mass is 10.2. The van der Waals surface area contributed by atoms with Crippen molar-refractivity contribution in [2.24, 2.45) is 0 Å². The first-order valence-corrected chi connectivity index (χ1v) is 8.92. The third kappa shape index (κ3) is 5.64. The van der Waals surface area contributed by atoms with Crippen LogP contribution in [0.2, 0.25) is 5.02 Å². The fourth-order valence-corrected chi connectivity index (χ4v) is 2.84. The average Bonchev–Trinajstić information content (AvgIpc) is 2.61. The van der Waals surface area contributed by atoms with E-state index in [2.05, 4.69) is 39.4 Å². The summed E-state index contributed by atoms with van der Waals surface area (Å²) in [7, 11) is 5.59. The molecule has 1 N–H and O–H groups in total. The van der Waals surface area contributed by atoms with Gasteiger partial charge in [0.2, 0.25) is 5.91 Å². The van der Waals surface area contributed by atoms with Gasteiger partial charge in [-0.3, -0.25) is 9.69 Å². The van der Waals surface area contributed by atoms with Gasteiger partial charge in [-0.25, -0.2) is 0 Å². The molecule has 5 nitrogen and oxygen atoms in total. The molecular formula is C20H26ClN3O2. The second-order valence-electron chi connectivity index (χ2n) is 6.26. The lowest BCUT2D eigenvalue weighted by molar-refractivity contribution is -0.117. The third-order valence-electron chi connectivity index (χ3n) is 4.11. The number of amides is 1. The van der Waals surface area contributed by atoms with Gasteiger partial charge in [0.1, 0.15) is 5.75 Å². The lowest BCUT2D eigenvalue weighted by Crippen LogP contribution is -2.32. The molecule has 0 spiro atoms. The number of ether oxygens (including phenoxy) is 1. The molecule has 26 heavy (non-hydrogen) atoms. The summed E-state index contributed by atoms with van der Waals surface area (Å²) in [4.78, 5) is 16.5. The van der Waals surface area contributed by atoms with Gasteiger partial charge in [0.05, 0.1) is 18.7 Å². The molecule has 0 aromatic heterocycles. The summed E-state index contributed by atoms with van der Waals surface area (Å²) in [6.07, 6.45) is 0. The standard InChI is InChI=1S/C20H26ClN3O2/c1-5-24(13-15-6-9-17(10-7-15)23(2)3)14-20(25)22-16-8-11-19(26-4)18(21)12-16/h6-12H,5,13-14H2,1-4H3,(H,22,25). The largest absolute Gasteiger partial charge is 0.495 e. The van der Waals surface area contributed by atoms with Crippen LogP contribution in [0, 0.1) is 0 Å². The van der Waals surface area contributed by atoms with Crippen molar-refractivity contribution in [1.29, 1.82) is 0 Å². The van der Waals surface area contributed by atoms with Crippen molar-refractivity contribution in [2.75, 3.05) is 44.5 Å². The summed E-state index contributed by atoms with van der Waals surface area (Å²) in [5.41, 5.74) is 3.00. The molecule has 0 saturated heterocycles. The molecule has 0 fully saturated rings. The van der Waals surface area contributed by atoms with Crippen molar-refractivity contribution in [3.8, 4) is 5.75 Å². The number of carbonyl (C=O) groups is 1. The van der Waals surface area contributed by atoms with E-state index in [1.54, 1.807) is 25.3 Å². The summed E-state index contributed by atoms with van der Waals surface area (Å²) in [6, 6.07) is 13.6. The first kappa shape index (κ1) is 20.1. The number of likely N-dealkylation sites (N-methyl/N-ethyl adjacent to an activating group) is 1. The van der Waals surface area contributed by atoms with E-state index >= 15 is 0 Å². The monoisotopic (exact) mass is 375 g/mol. The zero-order valence-electron chi connectivity index (χ0n) is 15.8. The minimum absolute atomic E-state index is 0.0713. The Hall–Kier alpha value is -2.24. The molecule has 0 unspecified atom stereocenters. The number of hydrogen-bond acceptors (Lipinski definition) is 4. The molecule has 0 aliphatic heterocycles. The highest BCUT2D eigenvalue weighted by Crippen LogP contribution is 2.27. The summed E-state index contributed by atoms with van der Waals surface area (Å²) in [6.45, 7) is 3.87. The summed E-state index contributed by atoms with van der Waals surface area (Å²) < 4.78 is 5.12. The van der Waals surface area contributed by atoms with Crippen molar-refractivity contribution in [3.05, 3.63) is 53.1 Å². The Morgan fingerprint density at radius 2 is 1.85 bits per heavy atom. The van der Waals surface area contributed by atoms with Gasteiger partial charge in [0.15, 0.2) is 0 Å². The van der Waals surface area contributed by atoms with Gasteiger partial charge in [-0.15, -0.1) is 0 Å². The highest BCUT2D eigenvalue weighted by molar-refractivity contribution is 6.32. The molecule has 0 atom stereocenters. The molecule has 140 valence electrons. The minimum atomic E-state index is -0.0713. The van der Waals surface area contributed by atoms with Crippen LogP contribution in [0.3, 0.4) is 0 Å². The van der Waals surface area contributed by atoms with Gasteiger partial charge in [-0.05, 0) is 42.4 Å². The minimum Gasteiger partial charge on any atom is -0.495 e. The van der Waals surface area contributed by atoms with E-state index in [-0.39, 0.29) is 5.91 Å². The van der Waals surface area contributed by atoms with Gasteiger partial charge >= 0.3 is 0 Å². The van der Waals surface area contributed by atoms with E-state index in [1.165, 1.54) is 5.56 Å². The highest BCUT2D eigenvalue weighted by Gasteiger charge is 2.11. The first-order valence-electron chi connectivity index (χ1n) is 8.55. The van der Waals surface area contributed by atoms with Crippen molar-refractivity contribution >= 4 is 28.9 Å². The van der Waals surface area contributed by atoms with E-state index in [4.69, 9.17) is 16.3 Å². The van der Waals surface area contributed by atoms with Crippen LogP contribution in [0.5, 0.6) is 5.75 Å². The normalized spacial score (nSPS) is 10.7. The predicted octanol–water partition coefficient (Wildman–Crippen LogP) is 3.88. The average molecular weight is 376 g/mol. The van der Waals surface area contributed by atoms with Crippen LogP contribution in [0.15, 0.2) is 42.5 Å². The molecule has 0 radical (unpaired) electrons. The van der Waals surface area contributed by atoms with Crippen LogP contribution < -0.4 is 15.0 Å². The van der Waals surface area contributed by atoms with Gasteiger partial charge in [-0.2, -0.15) is 0 Å². The Kier molecular flexibility index (Phi) is 7.30. The van der Waals surface area contributed by atoms with Crippen molar-refractivity contribution in [3.63, 3.8) is 0 Å². The van der Waals surface area contributed by atoms with E-state index in [1.807, 2.05) is 21.0 Å². The number of carbonyl (C=O) groups excluding carboxylic acids is 1. The number of nitrogens with zero attached hydrogens (tertiary/aromatic N) is 2. The zero-order valence-corrected chi connectivity index (χ0v) is 16.5.